The molecule has 0 aliphatic rings. The molecule has 0 fully saturated rings. The Balaban J connectivity index is 0.00000364. The molecule has 0 aliphatic carbocycles. The van der Waals surface area contributed by atoms with E-state index in [1.54, 1.807) is 28.4 Å². The van der Waals surface area contributed by atoms with Gasteiger partial charge < -0.3 is 24.8 Å². The van der Waals surface area contributed by atoms with Gasteiger partial charge >= 0.3 is 0 Å². The largest absolute Gasteiger partial charge is 0.496 e. The Bertz CT molecular complexity index is 739. The van der Waals surface area contributed by atoms with Crippen LogP contribution in [0.1, 0.15) is 24.1 Å². The molecule has 2 rings (SSSR count). The van der Waals surface area contributed by atoms with Gasteiger partial charge in [0.2, 0.25) is 0 Å². The molecule has 148 valence electrons. The fourth-order valence-corrected chi connectivity index (χ4v) is 2.63. The van der Waals surface area contributed by atoms with E-state index >= 15 is 0 Å². The molecule has 0 saturated heterocycles. The topological polar surface area (TPSA) is 64.1 Å². The number of hydrogen-bond donors (Lipinski definition) is 2. The summed E-state index contributed by atoms with van der Waals surface area (Å²) in [6.45, 7) is 2.63. The predicted molar refractivity (Wildman–Crippen MR) is 120 cm³/mol. The van der Waals surface area contributed by atoms with Crippen LogP contribution < -0.4 is 24.8 Å². The van der Waals surface area contributed by atoms with Crippen LogP contribution in [-0.4, -0.2) is 34.3 Å². The molecule has 0 aliphatic heterocycles. The molecule has 0 bridgehead atoms. The van der Waals surface area contributed by atoms with E-state index in [1.807, 2.05) is 30.3 Å². The van der Waals surface area contributed by atoms with Gasteiger partial charge in [-0.05, 0) is 18.6 Å². The highest BCUT2D eigenvalue weighted by atomic mass is 127. The van der Waals surface area contributed by atoms with E-state index in [0.717, 1.165) is 11.3 Å². The van der Waals surface area contributed by atoms with E-state index in [9.17, 15) is 0 Å². The van der Waals surface area contributed by atoms with Crippen LogP contribution in [0.4, 0.5) is 0 Å². The van der Waals surface area contributed by atoms with E-state index < -0.39 is 0 Å². The molecule has 0 amide bonds. The van der Waals surface area contributed by atoms with Gasteiger partial charge in [-0.15, -0.1) is 24.0 Å². The normalized spacial score (nSPS) is 11.8. The first-order valence-electron chi connectivity index (χ1n) is 8.44. The molecule has 1 unspecified atom stereocenters. The van der Waals surface area contributed by atoms with E-state index in [2.05, 4.69) is 34.7 Å². The third-order valence-corrected chi connectivity index (χ3v) is 4.11. The molecule has 2 aromatic carbocycles. The Labute approximate surface area is 178 Å². The van der Waals surface area contributed by atoms with Crippen molar-refractivity contribution in [3.05, 3.63) is 53.6 Å². The van der Waals surface area contributed by atoms with Crippen LogP contribution in [0.3, 0.4) is 0 Å². The Morgan fingerprint density at radius 1 is 0.963 bits per heavy atom. The summed E-state index contributed by atoms with van der Waals surface area (Å²) in [6.07, 6.45) is 0. The third kappa shape index (κ3) is 6.20. The first kappa shape index (κ1) is 22.9. The van der Waals surface area contributed by atoms with E-state index in [4.69, 9.17) is 14.2 Å². The molecule has 27 heavy (non-hydrogen) atoms. The van der Waals surface area contributed by atoms with Crippen molar-refractivity contribution in [2.24, 2.45) is 4.99 Å². The maximum Gasteiger partial charge on any atom is 0.191 e. The van der Waals surface area contributed by atoms with Gasteiger partial charge in [0.15, 0.2) is 17.5 Å². The summed E-state index contributed by atoms with van der Waals surface area (Å²) in [7, 11) is 6.60. The second-order valence-corrected chi connectivity index (χ2v) is 5.72. The summed E-state index contributed by atoms with van der Waals surface area (Å²) >= 11 is 0. The molecule has 7 heteroatoms. The Morgan fingerprint density at radius 3 is 2.11 bits per heavy atom. The van der Waals surface area contributed by atoms with Crippen LogP contribution in [0, 0.1) is 0 Å². The molecule has 2 N–H and O–H groups in total. The van der Waals surface area contributed by atoms with E-state index in [0.29, 0.717) is 24.0 Å². The van der Waals surface area contributed by atoms with Crippen molar-refractivity contribution in [3.8, 4) is 17.2 Å². The van der Waals surface area contributed by atoms with Crippen LogP contribution >= 0.6 is 24.0 Å². The smallest absolute Gasteiger partial charge is 0.191 e. The maximum atomic E-state index is 5.47. The minimum atomic E-state index is 0. The molecule has 0 saturated carbocycles. The lowest BCUT2D eigenvalue weighted by Crippen LogP contribution is -2.38. The zero-order valence-corrected chi connectivity index (χ0v) is 18.7. The van der Waals surface area contributed by atoms with Gasteiger partial charge in [0, 0.05) is 25.2 Å². The van der Waals surface area contributed by atoms with E-state index in [1.165, 1.54) is 5.56 Å². The summed E-state index contributed by atoms with van der Waals surface area (Å²) in [4.78, 5) is 4.30. The average molecular weight is 485 g/mol. The van der Waals surface area contributed by atoms with E-state index in [-0.39, 0.29) is 30.0 Å². The predicted octanol–water partition coefficient (Wildman–Crippen LogP) is 3.76. The molecule has 2 aromatic rings. The van der Waals surface area contributed by atoms with Crippen LogP contribution in [0.15, 0.2) is 47.5 Å². The summed E-state index contributed by atoms with van der Waals surface area (Å²) in [5.74, 6) is 2.72. The number of methoxy groups -OCH3 is 3. The van der Waals surface area contributed by atoms with Crippen LogP contribution in [0.25, 0.3) is 0 Å². The molecule has 0 radical (unpaired) electrons. The number of rotatable bonds is 7. The van der Waals surface area contributed by atoms with Gasteiger partial charge in [0.05, 0.1) is 27.4 Å². The van der Waals surface area contributed by atoms with Crippen LogP contribution in [0.5, 0.6) is 17.2 Å². The summed E-state index contributed by atoms with van der Waals surface area (Å²) in [6, 6.07) is 14.1. The highest BCUT2D eigenvalue weighted by Crippen LogP contribution is 2.34. The Hall–Kier alpha value is -2.16. The second kappa shape index (κ2) is 11.5. The SMILES string of the molecule is CN=C(NCc1cc(OC)c(OC)cc1OC)NC(C)c1ccccc1.I. The van der Waals surface area contributed by atoms with Crippen molar-refractivity contribution in [1.29, 1.82) is 0 Å². The van der Waals surface area contributed by atoms with Gasteiger partial charge in [-0.2, -0.15) is 0 Å². The molecule has 6 nitrogen and oxygen atoms in total. The first-order chi connectivity index (χ1) is 12.6. The summed E-state index contributed by atoms with van der Waals surface area (Å²) in [5, 5.41) is 6.70. The number of guanidine groups is 1. The fourth-order valence-electron chi connectivity index (χ4n) is 2.63. The van der Waals surface area contributed by atoms with Crippen LogP contribution in [-0.2, 0) is 6.54 Å². The highest BCUT2D eigenvalue weighted by Gasteiger charge is 2.13. The summed E-state index contributed by atoms with van der Waals surface area (Å²) < 4.78 is 16.2. The molecule has 0 heterocycles. The molecular weight excluding hydrogens is 457 g/mol. The fraction of sp³-hybridized carbons (Fsp3) is 0.350. The number of benzene rings is 2. The zero-order chi connectivity index (χ0) is 18.9. The second-order valence-electron chi connectivity index (χ2n) is 5.72. The number of aliphatic imine (C=N–C) groups is 1. The number of nitrogens with one attached hydrogen (secondary N) is 2. The standard InChI is InChI=1S/C20H27N3O3.HI/c1-14(15-9-7-6-8-10-15)23-20(21-2)22-13-16-11-18(25-4)19(26-5)12-17(16)24-3;/h6-12,14H,13H2,1-5H3,(H2,21,22,23);1H. The Morgan fingerprint density at radius 2 is 1.56 bits per heavy atom. The lowest BCUT2D eigenvalue weighted by atomic mass is 10.1. The lowest BCUT2D eigenvalue weighted by Gasteiger charge is -2.19. The maximum absolute atomic E-state index is 5.47. The van der Waals surface area contributed by atoms with Gasteiger partial charge in [-0.1, -0.05) is 30.3 Å². The molecular formula is C20H28IN3O3. The minimum Gasteiger partial charge on any atom is -0.496 e. The van der Waals surface area contributed by atoms with Gasteiger partial charge in [-0.3, -0.25) is 4.99 Å². The van der Waals surface area contributed by atoms with Crippen molar-refractivity contribution in [2.45, 2.75) is 19.5 Å². The minimum absolute atomic E-state index is 0. The number of halogens is 1. The van der Waals surface area contributed by atoms with Crippen molar-refractivity contribution in [1.82, 2.24) is 10.6 Å². The number of hydrogen-bond acceptors (Lipinski definition) is 4. The Kier molecular flexibility index (Phi) is 9.77. The molecule has 0 spiro atoms. The lowest BCUT2D eigenvalue weighted by molar-refractivity contribution is 0.347. The zero-order valence-electron chi connectivity index (χ0n) is 16.4. The van der Waals surface area contributed by atoms with Crippen molar-refractivity contribution < 1.29 is 14.2 Å². The monoisotopic (exact) mass is 485 g/mol. The van der Waals surface area contributed by atoms with Crippen molar-refractivity contribution in [2.75, 3.05) is 28.4 Å². The highest BCUT2D eigenvalue weighted by molar-refractivity contribution is 14.0. The third-order valence-electron chi connectivity index (χ3n) is 4.11. The summed E-state index contributed by atoms with van der Waals surface area (Å²) in [5.41, 5.74) is 2.14. The van der Waals surface area contributed by atoms with Gasteiger partial charge in [-0.25, -0.2) is 0 Å². The quantitative estimate of drug-likeness (QED) is 0.356. The first-order valence-corrected chi connectivity index (χ1v) is 8.44. The van der Waals surface area contributed by atoms with Gasteiger partial charge in [0.1, 0.15) is 5.75 Å². The van der Waals surface area contributed by atoms with Gasteiger partial charge in [0.25, 0.3) is 0 Å². The molecule has 1 atom stereocenters. The molecule has 0 aromatic heterocycles. The number of ether oxygens (including phenoxy) is 3. The van der Waals surface area contributed by atoms with Crippen molar-refractivity contribution >= 4 is 29.9 Å². The number of nitrogens with zero attached hydrogens (tertiary/aromatic N) is 1. The average Bonchev–Trinajstić information content (AvgIpc) is 2.70. The van der Waals surface area contributed by atoms with Crippen LogP contribution in [0.2, 0.25) is 0 Å². The van der Waals surface area contributed by atoms with Crippen molar-refractivity contribution in [3.63, 3.8) is 0 Å².